The molecule has 0 saturated heterocycles. The van der Waals surface area contributed by atoms with Crippen LogP contribution >= 0.6 is 11.8 Å². The number of phenols is 1. The van der Waals surface area contributed by atoms with Gasteiger partial charge in [0, 0.05) is 17.7 Å². The van der Waals surface area contributed by atoms with Crippen molar-refractivity contribution in [1.82, 2.24) is 15.0 Å². The molecule has 0 unspecified atom stereocenters. The Bertz CT molecular complexity index is 1020. The van der Waals surface area contributed by atoms with Gasteiger partial charge < -0.3 is 5.11 Å². The van der Waals surface area contributed by atoms with Crippen LogP contribution in [0.1, 0.15) is 77.2 Å². The molecule has 0 aliphatic rings. The Balaban J connectivity index is 1.61. The van der Waals surface area contributed by atoms with Crippen LogP contribution < -0.4 is 0 Å². The number of fused-ring (bicyclic) bond motifs is 1. The van der Waals surface area contributed by atoms with Gasteiger partial charge >= 0.3 is 0 Å². The standard InChI is InChI=1S/C26H35N3O2S/c1-3-5-7-8-9-10-16-32-22-13-14-23-24(19-22)28-29(27-23)25-15-12-20(18-26(25)31)17-21(30)11-6-4-2/h12-15,18-19,31H,3-11,16-17H2,1-2H3. The fourth-order valence-corrected chi connectivity index (χ4v) is 4.65. The summed E-state index contributed by atoms with van der Waals surface area (Å²) < 4.78 is 0. The molecule has 0 aliphatic carbocycles. The predicted molar refractivity (Wildman–Crippen MR) is 133 cm³/mol. The maximum absolute atomic E-state index is 12.0. The third-order valence-electron chi connectivity index (χ3n) is 5.58. The minimum Gasteiger partial charge on any atom is -0.506 e. The van der Waals surface area contributed by atoms with E-state index in [1.807, 2.05) is 23.9 Å². The zero-order chi connectivity index (χ0) is 22.8. The van der Waals surface area contributed by atoms with E-state index in [-0.39, 0.29) is 11.5 Å². The van der Waals surface area contributed by atoms with Crippen molar-refractivity contribution in [3.05, 3.63) is 42.0 Å². The lowest BCUT2D eigenvalue weighted by atomic mass is 10.0. The largest absolute Gasteiger partial charge is 0.506 e. The second kappa shape index (κ2) is 12.6. The van der Waals surface area contributed by atoms with Gasteiger partial charge in [0.25, 0.3) is 0 Å². The van der Waals surface area contributed by atoms with Crippen LogP contribution in [-0.2, 0) is 11.2 Å². The molecule has 3 aromatic rings. The summed E-state index contributed by atoms with van der Waals surface area (Å²) in [5.74, 6) is 1.40. The van der Waals surface area contributed by atoms with Crippen molar-refractivity contribution < 1.29 is 9.90 Å². The second-order valence-electron chi connectivity index (χ2n) is 8.40. The summed E-state index contributed by atoms with van der Waals surface area (Å²) in [5, 5.41) is 19.6. The summed E-state index contributed by atoms with van der Waals surface area (Å²) in [6.45, 7) is 4.32. The van der Waals surface area contributed by atoms with Gasteiger partial charge in [-0.1, -0.05) is 58.4 Å². The van der Waals surface area contributed by atoms with E-state index in [2.05, 4.69) is 36.2 Å². The van der Waals surface area contributed by atoms with Gasteiger partial charge in [-0.15, -0.1) is 26.8 Å². The Kier molecular flexibility index (Phi) is 9.60. The van der Waals surface area contributed by atoms with Crippen molar-refractivity contribution in [2.45, 2.75) is 83.0 Å². The fourth-order valence-electron chi connectivity index (χ4n) is 3.70. The smallest absolute Gasteiger partial charge is 0.143 e. The third kappa shape index (κ3) is 7.09. The molecular weight excluding hydrogens is 418 g/mol. The highest BCUT2D eigenvalue weighted by Gasteiger charge is 2.12. The molecule has 6 heteroatoms. The first-order valence-electron chi connectivity index (χ1n) is 11.9. The lowest BCUT2D eigenvalue weighted by molar-refractivity contribution is -0.118. The number of hydrogen-bond donors (Lipinski definition) is 1. The molecule has 32 heavy (non-hydrogen) atoms. The molecule has 0 amide bonds. The van der Waals surface area contributed by atoms with Crippen LogP contribution in [0.4, 0.5) is 0 Å². The second-order valence-corrected chi connectivity index (χ2v) is 9.57. The molecule has 172 valence electrons. The molecule has 3 rings (SSSR count). The highest BCUT2D eigenvalue weighted by atomic mass is 32.2. The van der Waals surface area contributed by atoms with Crippen molar-refractivity contribution in [2.24, 2.45) is 0 Å². The maximum Gasteiger partial charge on any atom is 0.143 e. The van der Waals surface area contributed by atoms with Crippen molar-refractivity contribution in [2.75, 3.05) is 5.75 Å². The predicted octanol–water partition coefficient (Wildman–Crippen LogP) is 6.88. The number of thioether (sulfide) groups is 1. The van der Waals surface area contributed by atoms with Gasteiger partial charge in [0.05, 0.1) is 0 Å². The number of benzene rings is 2. The summed E-state index contributed by atoms with van der Waals surface area (Å²) in [7, 11) is 0. The van der Waals surface area contributed by atoms with Crippen LogP contribution in [-0.4, -0.2) is 31.6 Å². The highest BCUT2D eigenvalue weighted by molar-refractivity contribution is 7.99. The number of aromatic nitrogens is 3. The van der Waals surface area contributed by atoms with Gasteiger partial charge in [0.15, 0.2) is 0 Å². The van der Waals surface area contributed by atoms with Gasteiger partial charge in [-0.3, -0.25) is 4.79 Å². The minimum absolute atomic E-state index is 0.0868. The number of hydrogen-bond acceptors (Lipinski definition) is 5. The summed E-state index contributed by atoms with van der Waals surface area (Å²) in [6, 6.07) is 11.4. The van der Waals surface area contributed by atoms with Gasteiger partial charge in [0.1, 0.15) is 28.3 Å². The number of rotatable bonds is 14. The summed E-state index contributed by atoms with van der Waals surface area (Å²) in [4.78, 5) is 14.7. The number of nitrogens with zero attached hydrogens (tertiary/aromatic N) is 3. The number of phenolic OH excluding ortho intramolecular Hbond substituents is 1. The summed E-state index contributed by atoms with van der Waals surface area (Å²) in [5.41, 5.74) is 2.95. The van der Waals surface area contributed by atoms with Gasteiger partial charge in [0.2, 0.25) is 0 Å². The Labute approximate surface area is 195 Å². The molecule has 1 N–H and O–H groups in total. The van der Waals surface area contributed by atoms with Crippen molar-refractivity contribution in [3.63, 3.8) is 0 Å². The normalized spacial score (nSPS) is 11.3. The van der Waals surface area contributed by atoms with Crippen LogP contribution in [0.2, 0.25) is 0 Å². The van der Waals surface area contributed by atoms with Crippen LogP contribution in [0.5, 0.6) is 5.75 Å². The molecule has 5 nitrogen and oxygen atoms in total. The first kappa shape index (κ1) is 24.3. The molecule has 0 aliphatic heterocycles. The maximum atomic E-state index is 12.0. The van der Waals surface area contributed by atoms with Gasteiger partial charge in [-0.05, 0) is 54.5 Å². The molecule has 1 aromatic heterocycles. The van der Waals surface area contributed by atoms with Crippen LogP contribution in [0, 0.1) is 0 Å². The Hall–Kier alpha value is -2.34. The van der Waals surface area contributed by atoms with E-state index in [1.54, 1.807) is 12.1 Å². The van der Waals surface area contributed by atoms with Crippen LogP contribution in [0.15, 0.2) is 41.3 Å². The first-order chi connectivity index (χ1) is 15.6. The van der Waals surface area contributed by atoms with E-state index < -0.39 is 0 Å². The molecule has 0 bridgehead atoms. The Morgan fingerprint density at radius 2 is 1.66 bits per heavy atom. The quantitative estimate of drug-likeness (QED) is 0.213. The van der Waals surface area contributed by atoms with Crippen LogP contribution in [0.3, 0.4) is 0 Å². The van der Waals surface area contributed by atoms with Crippen LogP contribution in [0.25, 0.3) is 16.7 Å². The van der Waals surface area contributed by atoms with E-state index in [4.69, 9.17) is 0 Å². The van der Waals surface area contributed by atoms with Gasteiger partial charge in [-0.25, -0.2) is 0 Å². The van der Waals surface area contributed by atoms with E-state index >= 15 is 0 Å². The Morgan fingerprint density at radius 1 is 0.906 bits per heavy atom. The lowest BCUT2D eigenvalue weighted by Gasteiger charge is -2.06. The van der Waals surface area contributed by atoms with E-state index in [9.17, 15) is 9.90 Å². The number of carbonyl (C=O) groups is 1. The topological polar surface area (TPSA) is 68.0 Å². The highest BCUT2D eigenvalue weighted by Crippen LogP contribution is 2.26. The number of carbonyl (C=O) groups excluding carboxylic acids is 1. The van der Waals surface area contributed by atoms with Crippen molar-refractivity contribution in [1.29, 1.82) is 0 Å². The van der Waals surface area contributed by atoms with Gasteiger partial charge in [-0.2, -0.15) is 0 Å². The molecule has 1 heterocycles. The third-order valence-corrected chi connectivity index (χ3v) is 6.66. The lowest BCUT2D eigenvalue weighted by Crippen LogP contribution is -2.04. The zero-order valence-corrected chi connectivity index (χ0v) is 20.2. The molecule has 0 radical (unpaired) electrons. The molecular formula is C26H35N3O2S. The molecule has 0 fully saturated rings. The minimum atomic E-state index is 0.0868. The first-order valence-corrected chi connectivity index (χ1v) is 12.9. The van der Waals surface area contributed by atoms with Crippen molar-refractivity contribution in [3.8, 4) is 11.4 Å². The van der Waals surface area contributed by atoms with E-state index in [0.717, 1.165) is 35.2 Å². The fraction of sp³-hybridized carbons (Fsp3) is 0.500. The molecule has 0 saturated carbocycles. The number of ketones is 1. The average Bonchev–Trinajstić information content (AvgIpc) is 3.20. The average molecular weight is 454 g/mol. The molecule has 0 spiro atoms. The van der Waals surface area contributed by atoms with E-state index in [0.29, 0.717) is 18.5 Å². The summed E-state index contributed by atoms with van der Waals surface area (Å²) >= 11 is 1.86. The molecule has 0 atom stereocenters. The number of unbranched alkanes of at least 4 members (excludes halogenated alkanes) is 6. The summed E-state index contributed by atoms with van der Waals surface area (Å²) in [6.07, 6.45) is 10.7. The Morgan fingerprint density at radius 3 is 2.44 bits per heavy atom. The SMILES string of the molecule is CCCCCCCCSc1ccc2nn(-c3ccc(CC(=O)CCCC)cc3O)nc2c1. The van der Waals surface area contributed by atoms with E-state index in [1.165, 1.54) is 48.2 Å². The monoisotopic (exact) mass is 453 g/mol. The number of aromatic hydroxyl groups is 1. The van der Waals surface area contributed by atoms with Crippen molar-refractivity contribution >= 4 is 28.6 Å². The number of Topliss-reactive ketones (excluding diaryl/α,β-unsaturated/α-hetero) is 1. The molecule has 2 aromatic carbocycles. The zero-order valence-electron chi connectivity index (χ0n) is 19.3.